The first-order valence-corrected chi connectivity index (χ1v) is 9.02. The van der Waals surface area contributed by atoms with E-state index in [1.165, 1.54) is 19.3 Å². The summed E-state index contributed by atoms with van der Waals surface area (Å²) in [5.74, 6) is 1.20. The zero-order chi connectivity index (χ0) is 16.8. The minimum Gasteiger partial charge on any atom is -0.403 e. The van der Waals surface area contributed by atoms with Gasteiger partial charge in [0, 0.05) is 5.82 Å². The van der Waals surface area contributed by atoms with Crippen LogP contribution in [-0.2, 0) is 9.31 Å². The Bertz CT molecular complexity index is 415. The van der Waals surface area contributed by atoms with Gasteiger partial charge in [-0.05, 0) is 58.3 Å². The normalized spacial score (nSPS) is 29.4. The number of hydrogen-bond acceptors (Lipinski definition) is 2. The Morgan fingerprint density at radius 2 is 1.73 bits per heavy atom. The largest absolute Gasteiger partial charge is 0.465 e. The van der Waals surface area contributed by atoms with Crippen molar-refractivity contribution in [1.29, 1.82) is 0 Å². The lowest BCUT2D eigenvalue weighted by atomic mass is 9.62. The van der Waals surface area contributed by atoms with Crippen LogP contribution in [0.25, 0.3) is 0 Å². The minimum absolute atomic E-state index is 0.0903. The van der Waals surface area contributed by atoms with Gasteiger partial charge in [-0.25, -0.2) is 0 Å². The molecule has 2 atom stereocenters. The lowest BCUT2D eigenvalue weighted by molar-refractivity contribution is 0.00578. The van der Waals surface area contributed by atoms with E-state index in [-0.39, 0.29) is 18.3 Å². The summed E-state index contributed by atoms with van der Waals surface area (Å²) in [6.45, 7) is 17.9. The molecule has 3 heteroatoms. The van der Waals surface area contributed by atoms with Crippen LogP contribution in [0.1, 0.15) is 81.1 Å². The van der Waals surface area contributed by atoms with Crippen molar-refractivity contribution in [2.75, 3.05) is 0 Å². The van der Waals surface area contributed by atoms with Gasteiger partial charge in [0.2, 0.25) is 0 Å². The molecule has 2 nitrogen and oxygen atoms in total. The summed E-state index contributed by atoms with van der Waals surface area (Å²) in [5.41, 5.74) is 1.51. The molecule has 0 aromatic heterocycles. The third kappa shape index (κ3) is 3.46. The first-order valence-electron chi connectivity index (χ1n) is 9.02. The third-order valence-corrected chi connectivity index (χ3v) is 6.19. The Morgan fingerprint density at radius 3 is 2.09 bits per heavy atom. The van der Waals surface area contributed by atoms with Crippen LogP contribution in [0.3, 0.4) is 0 Å². The van der Waals surface area contributed by atoms with E-state index >= 15 is 0 Å². The van der Waals surface area contributed by atoms with Gasteiger partial charge in [-0.1, -0.05) is 45.8 Å². The highest BCUT2D eigenvalue weighted by atomic mass is 16.7. The molecule has 1 fully saturated rings. The number of allylic oxidation sites excluding steroid dienone is 2. The monoisotopic (exact) mass is 306 g/mol. The lowest BCUT2D eigenvalue weighted by Gasteiger charge is -2.35. The van der Waals surface area contributed by atoms with Crippen LogP contribution in [0.5, 0.6) is 0 Å². The fourth-order valence-electron chi connectivity index (χ4n) is 3.66. The predicted octanol–water partition coefficient (Wildman–Crippen LogP) is 5.63. The van der Waals surface area contributed by atoms with Crippen LogP contribution < -0.4 is 0 Å². The summed E-state index contributed by atoms with van der Waals surface area (Å²) in [6.07, 6.45) is 7.27. The molecule has 2 unspecified atom stereocenters. The molecule has 0 bridgehead atoms. The van der Waals surface area contributed by atoms with E-state index < -0.39 is 0 Å². The number of rotatable bonds is 3. The van der Waals surface area contributed by atoms with Crippen molar-refractivity contribution >= 4 is 7.12 Å². The second-order valence-electron chi connectivity index (χ2n) is 9.26. The van der Waals surface area contributed by atoms with E-state index in [1.54, 1.807) is 5.57 Å². The van der Waals surface area contributed by atoms with Gasteiger partial charge in [0.25, 0.3) is 0 Å². The average molecular weight is 306 g/mol. The van der Waals surface area contributed by atoms with Gasteiger partial charge in [0.05, 0.1) is 11.2 Å². The zero-order valence-electron chi connectivity index (χ0n) is 16.0. The summed E-state index contributed by atoms with van der Waals surface area (Å²) in [5, 5.41) is 0. The topological polar surface area (TPSA) is 18.5 Å². The van der Waals surface area contributed by atoms with Gasteiger partial charge in [0.15, 0.2) is 0 Å². The molecule has 2 rings (SSSR count). The molecule has 0 radical (unpaired) electrons. The Kier molecular flexibility index (Phi) is 4.91. The second-order valence-corrected chi connectivity index (χ2v) is 9.26. The summed E-state index contributed by atoms with van der Waals surface area (Å²) in [7, 11) is -0.0903. The summed E-state index contributed by atoms with van der Waals surface area (Å²) in [6, 6.07) is 0. The molecule has 0 N–H and O–H groups in total. The number of hydrogen-bond donors (Lipinski definition) is 0. The van der Waals surface area contributed by atoms with E-state index in [0.717, 1.165) is 12.3 Å². The standard InChI is InChI=1S/C19H35BO2/c1-9-16(20-21-18(5,6)19(7,8)22-20)14-10-12-15(13-11-14)17(2,3)4/h10,15-16H,9,11-13H2,1-8H3. The van der Waals surface area contributed by atoms with Crippen molar-refractivity contribution in [3.8, 4) is 0 Å². The van der Waals surface area contributed by atoms with Crippen LogP contribution >= 0.6 is 0 Å². The molecule has 2 aliphatic rings. The molecule has 0 amide bonds. The van der Waals surface area contributed by atoms with Crippen molar-refractivity contribution in [2.45, 2.75) is 98.1 Å². The van der Waals surface area contributed by atoms with E-state index in [9.17, 15) is 0 Å². The van der Waals surface area contributed by atoms with Gasteiger partial charge >= 0.3 is 7.12 Å². The fourth-order valence-corrected chi connectivity index (χ4v) is 3.66. The average Bonchev–Trinajstić information content (AvgIpc) is 2.58. The van der Waals surface area contributed by atoms with Crippen LogP contribution in [0.4, 0.5) is 0 Å². The quantitative estimate of drug-likeness (QED) is 0.497. The summed E-state index contributed by atoms with van der Waals surface area (Å²) < 4.78 is 12.6. The second kappa shape index (κ2) is 5.98. The third-order valence-electron chi connectivity index (χ3n) is 6.19. The SMILES string of the molecule is CCC(B1OC(C)(C)C(C)(C)O1)C1=CCC(C(C)(C)C)CC1. The summed E-state index contributed by atoms with van der Waals surface area (Å²) in [4.78, 5) is 0. The first-order chi connectivity index (χ1) is 9.98. The Morgan fingerprint density at radius 1 is 1.18 bits per heavy atom. The summed E-state index contributed by atoms with van der Waals surface area (Å²) >= 11 is 0. The molecule has 0 aromatic carbocycles. The Hall–Kier alpha value is -0.275. The zero-order valence-corrected chi connectivity index (χ0v) is 16.0. The predicted molar refractivity (Wildman–Crippen MR) is 95.0 cm³/mol. The smallest absolute Gasteiger partial charge is 0.403 e. The van der Waals surface area contributed by atoms with Crippen LogP contribution in [0.2, 0.25) is 5.82 Å². The van der Waals surface area contributed by atoms with Gasteiger partial charge < -0.3 is 9.31 Å². The van der Waals surface area contributed by atoms with E-state index in [2.05, 4.69) is 61.5 Å². The molecule has 1 aliphatic carbocycles. The van der Waals surface area contributed by atoms with Crippen molar-refractivity contribution < 1.29 is 9.31 Å². The van der Waals surface area contributed by atoms with Gasteiger partial charge in [-0.2, -0.15) is 0 Å². The van der Waals surface area contributed by atoms with E-state index in [0.29, 0.717) is 11.2 Å². The van der Waals surface area contributed by atoms with Crippen LogP contribution in [0.15, 0.2) is 11.6 Å². The molecule has 0 saturated carbocycles. The van der Waals surface area contributed by atoms with E-state index in [1.807, 2.05) is 0 Å². The van der Waals surface area contributed by atoms with Gasteiger partial charge in [0.1, 0.15) is 0 Å². The molecule has 0 spiro atoms. The van der Waals surface area contributed by atoms with Crippen molar-refractivity contribution in [2.24, 2.45) is 11.3 Å². The highest BCUT2D eigenvalue weighted by Crippen LogP contribution is 2.46. The lowest BCUT2D eigenvalue weighted by Crippen LogP contribution is -2.41. The van der Waals surface area contributed by atoms with E-state index in [4.69, 9.17) is 9.31 Å². The molecule has 22 heavy (non-hydrogen) atoms. The highest BCUT2D eigenvalue weighted by Gasteiger charge is 2.53. The van der Waals surface area contributed by atoms with Gasteiger partial charge in [-0.15, -0.1) is 0 Å². The van der Waals surface area contributed by atoms with Crippen molar-refractivity contribution in [3.05, 3.63) is 11.6 Å². The minimum atomic E-state index is -0.228. The molecule has 1 heterocycles. The molecule has 0 aromatic rings. The van der Waals surface area contributed by atoms with Crippen LogP contribution in [-0.4, -0.2) is 18.3 Å². The maximum atomic E-state index is 6.30. The molecular weight excluding hydrogens is 271 g/mol. The van der Waals surface area contributed by atoms with Gasteiger partial charge in [-0.3, -0.25) is 0 Å². The maximum absolute atomic E-state index is 6.30. The molecule has 1 aliphatic heterocycles. The molecule has 1 saturated heterocycles. The van der Waals surface area contributed by atoms with Crippen molar-refractivity contribution in [1.82, 2.24) is 0 Å². The highest BCUT2D eigenvalue weighted by molar-refractivity contribution is 6.48. The Labute approximate surface area is 138 Å². The van der Waals surface area contributed by atoms with Crippen LogP contribution in [0, 0.1) is 11.3 Å². The first kappa shape index (κ1) is 18.1. The Balaban J connectivity index is 2.10. The van der Waals surface area contributed by atoms with Crippen molar-refractivity contribution in [3.63, 3.8) is 0 Å². The maximum Gasteiger partial charge on any atom is 0.465 e. The molecular formula is C19H35BO2. The molecule has 126 valence electrons. The fraction of sp³-hybridized carbons (Fsp3) is 0.895.